The van der Waals surface area contributed by atoms with Crippen molar-refractivity contribution in [1.82, 2.24) is 10.6 Å². The van der Waals surface area contributed by atoms with E-state index in [1.807, 2.05) is 20.8 Å². The van der Waals surface area contributed by atoms with Gasteiger partial charge in [0.05, 0.1) is 18.2 Å². The first-order valence-electron chi connectivity index (χ1n) is 13.6. The molecular weight excluding hydrogens is 554 g/mol. The van der Waals surface area contributed by atoms with Gasteiger partial charge in [0.15, 0.2) is 0 Å². The van der Waals surface area contributed by atoms with Crippen molar-refractivity contribution in [2.45, 2.75) is 45.6 Å². The van der Waals surface area contributed by atoms with E-state index in [4.69, 9.17) is 18.9 Å². The zero-order valence-corrected chi connectivity index (χ0v) is 24.3. The molecule has 3 amide bonds. The number of nitrogens with one attached hydrogen (secondary N) is 2. The third kappa shape index (κ3) is 8.73. The summed E-state index contributed by atoms with van der Waals surface area (Å²) in [6.45, 7) is 5.47. The number of amidine groups is 1. The minimum atomic E-state index is -0.943. The molecule has 3 unspecified atom stereocenters. The van der Waals surface area contributed by atoms with Gasteiger partial charge in [0.2, 0.25) is 0 Å². The average molecular weight is 588 g/mol. The highest BCUT2D eigenvalue weighted by molar-refractivity contribution is 6.06. The fourth-order valence-corrected chi connectivity index (χ4v) is 4.17. The summed E-state index contributed by atoms with van der Waals surface area (Å²) in [7, 11) is 1.26. The van der Waals surface area contributed by atoms with Crippen molar-refractivity contribution in [3.63, 3.8) is 0 Å². The van der Waals surface area contributed by atoms with Crippen LogP contribution in [-0.2, 0) is 18.9 Å². The lowest BCUT2D eigenvalue weighted by molar-refractivity contribution is -0.0454. The van der Waals surface area contributed by atoms with Crippen molar-refractivity contribution < 1.29 is 38.1 Å². The SMILES string of the molecule is CO/C(=N\C(=O)NC1CC(OC(=O)c2ccc(C)cc2)C(COC(=O)c2ccc(C)cc2)O1)NC(=O)c1ccc(C)cc1. The molecule has 3 atom stereocenters. The number of aliphatic imine (C=N–C) groups is 1. The molecular formula is C32H33N3O8. The summed E-state index contributed by atoms with van der Waals surface area (Å²) in [6, 6.07) is 19.4. The number of aryl methyl sites for hydroxylation is 3. The standard InChI is InChI=1S/C32H33N3O8/c1-19-5-11-22(12-6-19)28(36)34-32(40-4)35-31(39)33-27-17-25(43-30(38)24-15-9-21(3)10-16-24)26(42-27)18-41-29(37)23-13-7-20(2)8-14-23/h5-16,25-27H,17-18H2,1-4H3,(H2,33,34,35,36,39). The molecule has 1 aliphatic rings. The Kier molecular flexibility index (Phi) is 10.2. The average Bonchev–Trinajstić information content (AvgIpc) is 3.36. The van der Waals surface area contributed by atoms with Crippen LogP contribution in [0.2, 0.25) is 0 Å². The molecule has 0 aliphatic carbocycles. The molecule has 0 spiro atoms. The van der Waals surface area contributed by atoms with Crippen LogP contribution in [0.1, 0.15) is 54.2 Å². The van der Waals surface area contributed by atoms with Crippen molar-refractivity contribution in [1.29, 1.82) is 0 Å². The molecule has 3 aromatic carbocycles. The first kappa shape index (κ1) is 30.9. The van der Waals surface area contributed by atoms with E-state index in [0.29, 0.717) is 16.7 Å². The Bertz CT molecular complexity index is 1480. The predicted molar refractivity (Wildman–Crippen MR) is 157 cm³/mol. The number of carbonyl (C=O) groups excluding carboxylic acids is 4. The Labute approximate surface area is 249 Å². The van der Waals surface area contributed by atoms with E-state index in [0.717, 1.165) is 16.7 Å². The summed E-state index contributed by atoms with van der Waals surface area (Å²) >= 11 is 0. The van der Waals surface area contributed by atoms with Gasteiger partial charge in [-0.2, -0.15) is 0 Å². The molecule has 11 nitrogen and oxygen atoms in total. The molecule has 0 aromatic heterocycles. The second kappa shape index (κ2) is 14.2. The lowest BCUT2D eigenvalue weighted by Crippen LogP contribution is -2.37. The number of esters is 2. The highest BCUT2D eigenvalue weighted by atomic mass is 16.6. The van der Waals surface area contributed by atoms with Crippen LogP contribution >= 0.6 is 0 Å². The Morgan fingerprint density at radius 2 is 1.30 bits per heavy atom. The Morgan fingerprint density at radius 3 is 1.84 bits per heavy atom. The maximum atomic E-state index is 12.8. The van der Waals surface area contributed by atoms with Crippen molar-refractivity contribution in [2.24, 2.45) is 4.99 Å². The number of methoxy groups -OCH3 is 1. The van der Waals surface area contributed by atoms with E-state index in [9.17, 15) is 19.2 Å². The number of hydrogen-bond acceptors (Lipinski definition) is 8. The molecule has 224 valence electrons. The van der Waals surface area contributed by atoms with E-state index < -0.39 is 42.3 Å². The van der Waals surface area contributed by atoms with Crippen LogP contribution in [-0.4, -0.2) is 62.1 Å². The van der Waals surface area contributed by atoms with Crippen LogP contribution < -0.4 is 10.6 Å². The fraction of sp³-hybridized carbons (Fsp3) is 0.281. The fourth-order valence-electron chi connectivity index (χ4n) is 4.17. The van der Waals surface area contributed by atoms with Gasteiger partial charge in [-0.1, -0.05) is 53.1 Å². The van der Waals surface area contributed by atoms with Gasteiger partial charge in [-0.25, -0.2) is 14.4 Å². The third-order valence-corrected chi connectivity index (χ3v) is 6.63. The number of nitrogens with zero attached hydrogens (tertiary/aromatic N) is 1. The maximum absolute atomic E-state index is 12.8. The van der Waals surface area contributed by atoms with Gasteiger partial charge in [-0.3, -0.25) is 10.1 Å². The largest absolute Gasteiger partial charge is 0.468 e. The Balaban J connectivity index is 1.41. The molecule has 1 saturated heterocycles. The number of urea groups is 1. The summed E-state index contributed by atoms with van der Waals surface area (Å²) in [5, 5.41) is 4.99. The number of carbonyl (C=O) groups is 4. The van der Waals surface area contributed by atoms with Gasteiger partial charge in [-0.15, -0.1) is 4.99 Å². The number of rotatable bonds is 7. The van der Waals surface area contributed by atoms with Crippen LogP contribution in [0.25, 0.3) is 0 Å². The van der Waals surface area contributed by atoms with E-state index in [-0.39, 0.29) is 19.0 Å². The summed E-state index contributed by atoms with van der Waals surface area (Å²) in [5.41, 5.74) is 4.01. The van der Waals surface area contributed by atoms with Crippen molar-refractivity contribution in [3.05, 3.63) is 106 Å². The molecule has 4 rings (SSSR count). The molecule has 43 heavy (non-hydrogen) atoms. The Hall–Kier alpha value is -5.03. The normalized spacial score (nSPS) is 18.0. The van der Waals surface area contributed by atoms with Crippen LogP contribution in [0.4, 0.5) is 4.79 Å². The lowest BCUT2D eigenvalue weighted by Gasteiger charge is -2.19. The summed E-state index contributed by atoms with van der Waals surface area (Å²) < 4.78 is 22.1. The maximum Gasteiger partial charge on any atom is 0.347 e. The molecule has 1 fully saturated rings. The predicted octanol–water partition coefficient (Wildman–Crippen LogP) is 4.25. The number of hydrogen-bond donors (Lipinski definition) is 2. The highest BCUT2D eigenvalue weighted by Gasteiger charge is 2.40. The Morgan fingerprint density at radius 1 is 0.791 bits per heavy atom. The van der Waals surface area contributed by atoms with Gasteiger partial charge in [0.1, 0.15) is 25.0 Å². The highest BCUT2D eigenvalue weighted by Crippen LogP contribution is 2.24. The zero-order chi connectivity index (χ0) is 30.9. The third-order valence-electron chi connectivity index (χ3n) is 6.63. The topological polar surface area (TPSA) is 142 Å². The van der Waals surface area contributed by atoms with Crippen LogP contribution in [0.5, 0.6) is 0 Å². The van der Waals surface area contributed by atoms with E-state index >= 15 is 0 Å². The van der Waals surface area contributed by atoms with Gasteiger partial charge in [0, 0.05) is 12.0 Å². The van der Waals surface area contributed by atoms with Crippen LogP contribution in [0.15, 0.2) is 77.8 Å². The molecule has 11 heteroatoms. The molecule has 3 aromatic rings. The van der Waals surface area contributed by atoms with Gasteiger partial charge >= 0.3 is 24.0 Å². The number of ether oxygens (including phenoxy) is 4. The van der Waals surface area contributed by atoms with E-state index in [1.54, 1.807) is 72.8 Å². The summed E-state index contributed by atoms with van der Waals surface area (Å²) in [4.78, 5) is 54.4. The van der Waals surface area contributed by atoms with Crippen LogP contribution in [0, 0.1) is 20.8 Å². The molecule has 0 radical (unpaired) electrons. The number of amides is 3. The minimum Gasteiger partial charge on any atom is -0.468 e. The minimum absolute atomic E-state index is 0.0592. The monoisotopic (exact) mass is 587 g/mol. The van der Waals surface area contributed by atoms with Crippen molar-refractivity contribution in [3.8, 4) is 0 Å². The first-order valence-corrected chi connectivity index (χ1v) is 13.6. The quantitative estimate of drug-likeness (QED) is 0.237. The second-order valence-corrected chi connectivity index (χ2v) is 10.1. The van der Waals surface area contributed by atoms with Crippen molar-refractivity contribution in [2.75, 3.05) is 13.7 Å². The van der Waals surface area contributed by atoms with Crippen LogP contribution in [0.3, 0.4) is 0 Å². The van der Waals surface area contributed by atoms with Crippen molar-refractivity contribution >= 4 is 29.9 Å². The van der Waals surface area contributed by atoms with Gasteiger partial charge < -0.3 is 24.3 Å². The van der Waals surface area contributed by atoms with E-state index in [1.165, 1.54) is 7.11 Å². The molecule has 1 aliphatic heterocycles. The first-order chi connectivity index (χ1) is 20.6. The van der Waals surface area contributed by atoms with Gasteiger partial charge in [-0.05, 0) is 57.2 Å². The second-order valence-electron chi connectivity index (χ2n) is 10.1. The molecule has 0 bridgehead atoms. The smallest absolute Gasteiger partial charge is 0.347 e. The molecule has 0 saturated carbocycles. The summed E-state index contributed by atoms with van der Waals surface area (Å²) in [6.07, 6.45) is -2.61. The molecule has 2 N–H and O–H groups in total. The van der Waals surface area contributed by atoms with E-state index in [2.05, 4.69) is 15.6 Å². The lowest BCUT2D eigenvalue weighted by atomic mass is 10.1. The molecule has 1 heterocycles. The van der Waals surface area contributed by atoms with Gasteiger partial charge in [0.25, 0.3) is 5.91 Å². The summed E-state index contributed by atoms with van der Waals surface area (Å²) in [5.74, 6) is -1.67. The zero-order valence-electron chi connectivity index (χ0n) is 24.3. The number of benzene rings is 3.